The highest BCUT2D eigenvalue weighted by Gasteiger charge is 2.25. The Hall–Kier alpha value is -2.87. The molecule has 29 heavy (non-hydrogen) atoms. The van der Waals surface area contributed by atoms with E-state index in [1.165, 1.54) is 6.20 Å². The second-order valence-corrected chi connectivity index (χ2v) is 7.70. The highest BCUT2D eigenvalue weighted by molar-refractivity contribution is 5.86. The zero-order valence-electron chi connectivity index (χ0n) is 16.3. The Morgan fingerprint density at radius 3 is 2.69 bits per heavy atom. The molecule has 1 saturated carbocycles. The van der Waals surface area contributed by atoms with E-state index in [0.29, 0.717) is 25.1 Å². The Balaban J connectivity index is 1.38. The molecule has 3 aromatic rings. The lowest BCUT2D eigenvalue weighted by Gasteiger charge is -2.31. The first-order valence-electron chi connectivity index (χ1n) is 10.2. The molecule has 8 heteroatoms. The molecule has 0 radical (unpaired) electrons. The third-order valence-electron chi connectivity index (χ3n) is 5.82. The molecule has 0 aromatic carbocycles. The van der Waals surface area contributed by atoms with E-state index in [-0.39, 0.29) is 11.9 Å². The van der Waals surface area contributed by atoms with Crippen LogP contribution in [0.3, 0.4) is 0 Å². The number of aromatic hydroxyl groups is 1. The van der Waals surface area contributed by atoms with Gasteiger partial charge < -0.3 is 24.0 Å². The van der Waals surface area contributed by atoms with Crippen molar-refractivity contribution in [3.8, 4) is 11.6 Å². The van der Waals surface area contributed by atoms with Gasteiger partial charge in [-0.25, -0.2) is 4.98 Å². The summed E-state index contributed by atoms with van der Waals surface area (Å²) < 4.78 is 14.0. The fourth-order valence-corrected chi connectivity index (χ4v) is 4.22. The van der Waals surface area contributed by atoms with Gasteiger partial charge in [-0.1, -0.05) is 0 Å². The van der Waals surface area contributed by atoms with Crippen molar-refractivity contribution < 1.29 is 14.6 Å². The van der Waals surface area contributed by atoms with Gasteiger partial charge in [0.25, 0.3) is 0 Å². The van der Waals surface area contributed by atoms with Gasteiger partial charge in [-0.05, 0) is 31.7 Å². The maximum atomic E-state index is 9.94. The molecule has 0 bridgehead atoms. The SMILES string of the molecule is Oc1cnc2cc(N3CCOCC3)nc(OC3CCC(n4ccnc4)CC3)c2c1. The zero-order chi connectivity index (χ0) is 19.6. The highest BCUT2D eigenvalue weighted by atomic mass is 16.5. The molecule has 1 aliphatic heterocycles. The summed E-state index contributed by atoms with van der Waals surface area (Å²) in [7, 11) is 0. The summed E-state index contributed by atoms with van der Waals surface area (Å²) in [5, 5.41) is 10.7. The summed E-state index contributed by atoms with van der Waals surface area (Å²) in [6.45, 7) is 2.98. The topological polar surface area (TPSA) is 85.5 Å². The second-order valence-electron chi connectivity index (χ2n) is 7.70. The van der Waals surface area contributed by atoms with E-state index in [1.54, 1.807) is 6.07 Å². The van der Waals surface area contributed by atoms with E-state index >= 15 is 0 Å². The molecule has 8 nitrogen and oxygen atoms in total. The van der Waals surface area contributed by atoms with Gasteiger partial charge in [0, 0.05) is 37.6 Å². The van der Waals surface area contributed by atoms with Crippen LogP contribution in [0.2, 0.25) is 0 Å². The fraction of sp³-hybridized carbons (Fsp3) is 0.476. The molecule has 2 aliphatic rings. The van der Waals surface area contributed by atoms with E-state index in [4.69, 9.17) is 14.5 Å². The first-order valence-corrected chi connectivity index (χ1v) is 10.2. The number of hydrogen-bond donors (Lipinski definition) is 1. The molecule has 4 heterocycles. The molecule has 0 atom stereocenters. The van der Waals surface area contributed by atoms with Crippen molar-refractivity contribution >= 4 is 16.7 Å². The Kier molecular flexibility index (Phi) is 4.93. The van der Waals surface area contributed by atoms with Crippen LogP contribution in [0, 0.1) is 0 Å². The Morgan fingerprint density at radius 2 is 1.93 bits per heavy atom. The fourth-order valence-electron chi connectivity index (χ4n) is 4.22. The smallest absolute Gasteiger partial charge is 0.225 e. The molecule has 0 spiro atoms. The van der Waals surface area contributed by atoms with Gasteiger partial charge in [0.2, 0.25) is 5.88 Å². The van der Waals surface area contributed by atoms with Crippen LogP contribution in [0.4, 0.5) is 5.82 Å². The Bertz CT molecular complexity index is 964. The summed E-state index contributed by atoms with van der Waals surface area (Å²) in [6.07, 6.45) is 11.3. The first-order chi connectivity index (χ1) is 14.3. The van der Waals surface area contributed by atoms with Crippen molar-refractivity contribution in [1.82, 2.24) is 19.5 Å². The van der Waals surface area contributed by atoms with E-state index in [2.05, 4.69) is 19.4 Å². The van der Waals surface area contributed by atoms with Crippen LogP contribution in [0.25, 0.3) is 10.9 Å². The predicted molar refractivity (Wildman–Crippen MR) is 108 cm³/mol. The highest BCUT2D eigenvalue weighted by Crippen LogP contribution is 2.34. The average molecular weight is 395 g/mol. The molecule has 1 aliphatic carbocycles. The average Bonchev–Trinajstić information content (AvgIpc) is 3.30. The van der Waals surface area contributed by atoms with Gasteiger partial charge in [-0.15, -0.1) is 0 Å². The molecule has 5 rings (SSSR count). The van der Waals surface area contributed by atoms with Crippen molar-refractivity contribution in [2.24, 2.45) is 0 Å². The monoisotopic (exact) mass is 395 g/mol. The van der Waals surface area contributed by atoms with E-state index < -0.39 is 0 Å². The maximum Gasteiger partial charge on any atom is 0.225 e. The number of fused-ring (bicyclic) bond motifs is 1. The quantitative estimate of drug-likeness (QED) is 0.727. The zero-order valence-corrected chi connectivity index (χ0v) is 16.3. The van der Waals surface area contributed by atoms with Crippen LogP contribution in [-0.2, 0) is 4.74 Å². The van der Waals surface area contributed by atoms with Crippen molar-refractivity contribution in [2.75, 3.05) is 31.2 Å². The van der Waals surface area contributed by atoms with Crippen LogP contribution in [-0.4, -0.2) is 57.0 Å². The summed E-state index contributed by atoms with van der Waals surface area (Å²) >= 11 is 0. The lowest BCUT2D eigenvalue weighted by Crippen LogP contribution is -2.36. The molecular weight excluding hydrogens is 370 g/mol. The normalized spacial score (nSPS) is 22.7. The van der Waals surface area contributed by atoms with E-state index in [1.807, 2.05) is 24.8 Å². The predicted octanol–water partition coefficient (Wildman–Crippen LogP) is 2.93. The van der Waals surface area contributed by atoms with Crippen LogP contribution in [0.1, 0.15) is 31.7 Å². The lowest BCUT2D eigenvalue weighted by atomic mass is 9.93. The van der Waals surface area contributed by atoms with Gasteiger partial charge in [0.15, 0.2) is 0 Å². The lowest BCUT2D eigenvalue weighted by molar-refractivity contribution is 0.121. The third-order valence-corrected chi connectivity index (χ3v) is 5.82. The number of pyridine rings is 2. The second kappa shape index (κ2) is 7.87. The van der Waals surface area contributed by atoms with Gasteiger partial charge >= 0.3 is 0 Å². The molecule has 2 fully saturated rings. The number of ether oxygens (including phenoxy) is 2. The standard InChI is InChI=1S/C21H25N5O3/c27-16-11-18-19(23-13-16)12-20(25-7-9-28-10-8-25)24-21(18)29-17-3-1-15(2-4-17)26-6-5-22-14-26/h5-6,11-15,17,27H,1-4,7-10H2. The molecule has 1 saturated heterocycles. The van der Waals surface area contributed by atoms with Crippen LogP contribution in [0.5, 0.6) is 11.6 Å². The van der Waals surface area contributed by atoms with E-state index in [0.717, 1.165) is 55.5 Å². The molecular formula is C21H25N5O3. The molecule has 152 valence electrons. The summed E-state index contributed by atoms with van der Waals surface area (Å²) in [6, 6.07) is 4.13. The van der Waals surface area contributed by atoms with Gasteiger partial charge in [-0.3, -0.25) is 4.98 Å². The molecule has 0 amide bonds. The number of hydrogen-bond acceptors (Lipinski definition) is 7. The number of morpholine rings is 1. The maximum absolute atomic E-state index is 9.94. The van der Waals surface area contributed by atoms with Gasteiger partial charge in [-0.2, -0.15) is 4.98 Å². The van der Waals surface area contributed by atoms with Crippen LogP contribution in [0.15, 0.2) is 37.1 Å². The van der Waals surface area contributed by atoms with E-state index in [9.17, 15) is 5.11 Å². The van der Waals surface area contributed by atoms with Crippen LogP contribution < -0.4 is 9.64 Å². The minimum Gasteiger partial charge on any atom is -0.506 e. The summed E-state index contributed by atoms with van der Waals surface area (Å²) in [5.74, 6) is 1.52. The minimum atomic E-state index is 0.104. The number of rotatable bonds is 4. The van der Waals surface area contributed by atoms with Gasteiger partial charge in [0.05, 0.1) is 36.6 Å². The summed E-state index contributed by atoms with van der Waals surface area (Å²) in [4.78, 5) is 15.6. The minimum absolute atomic E-state index is 0.104. The number of aromatic nitrogens is 4. The first kappa shape index (κ1) is 18.2. The Labute approximate surface area is 169 Å². The number of imidazole rings is 1. The Morgan fingerprint density at radius 1 is 1.10 bits per heavy atom. The number of nitrogens with zero attached hydrogens (tertiary/aromatic N) is 5. The number of anilines is 1. The molecule has 3 aromatic heterocycles. The molecule has 0 unspecified atom stereocenters. The van der Waals surface area contributed by atoms with Crippen molar-refractivity contribution in [1.29, 1.82) is 0 Å². The third kappa shape index (κ3) is 3.85. The van der Waals surface area contributed by atoms with Gasteiger partial charge in [0.1, 0.15) is 17.7 Å². The largest absolute Gasteiger partial charge is 0.506 e. The van der Waals surface area contributed by atoms with Crippen molar-refractivity contribution in [2.45, 2.75) is 37.8 Å². The molecule has 1 N–H and O–H groups in total. The summed E-state index contributed by atoms with van der Waals surface area (Å²) in [5.41, 5.74) is 0.779. The van der Waals surface area contributed by atoms with Crippen molar-refractivity contribution in [3.63, 3.8) is 0 Å². The van der Waals surface area contributed by atoms with Crippen LogP contribution >= 0.6 is 0 Å². The van der Waals surface area contributed by atoms with Crippen molar-refractivity contribution in [3.05, 3.63) is 37.1 Å².